The number of halogens is 2. The first-order valence-corrected chi connectivity index (χ1v) is 8.38. The number of nitrogens with one attached hydrogen (secondary N) is 1. The fourth-order valence-electron chi connectivity index (χ4n) is 2.56. The van der Waals surface area contributed by atoms with E-state index in [1.54, 1.807) is 12.1 Å². The number of hydrogen-bond acceptors (Lipinski definition) is 4. The number of ether oxygens (including phenoxy) is 1. The lowest BCUT2D eigenvalue weighted by molar-refractivity contribution is -0.122. The molecule has 1 aliphatic heterocycles. The Hall–Kier alpha value is -3.19. The average Bonchev–Trinajstić information content (AvgIpc) is 2.62. The normalized spacial score (nSPS) is 15.9. The van der Waals surface area contributed by atoms with Gasteiger partial charge in [0.2, 0.25) is 0 Å². The van der Waals surface area contributed by atoms with Crippen molar-refractivity contribution in [3.05, 3.63) is 64.4 Å². The molecule has 0 aliphatic carbocycles. The number of anilines is 1. The van der Waals surface area contributed by atoms with Crippen molar-refractivity contribution in [1.29, 1.82) is 0 Å². The summed E-state index contributed by atoms with van der Waals surface area (Å²) in [7, 11) is 0. The molecule has 0 aromatic heterocycles. The minimum atomic E-state index is -1.02. The van der Waals surface area contributed by atoms with Crippen molar-refractivity contribution in [2.24, 2.45) is 0 Å². The number of hydrogen-bond donors (Lipinski definition) is 1. The van der Waals surface area contributed by atoms with E-state index in [2.05, 4.69) is 0 Å². The van der Waals surface area contributed by atoms with Crippen LogP contribution in [0.3, 0.4) is 0 Å². The zero-order chi connectivity index (χ0) is 19.6. The summed E-state index contributed by atoms with van der Waals surface area (Å²) in [5.74, 6) is -2.11. The van der Waals surface area contributed by atoms with Gasteiger partial charge in [0.25, 0.3) is 11.8 Å². The molecule has 0 atom stereocenters. The highest BCUT2D eigenvalue weighted by atomic mass is 35.5. The van der Waals surface area contributed by atoms with E-state index in [-0.39, 0.29) is 11.3 Å². The first kappa shape index (κ1) is 18.6. The lowest BCUT2D eigenvalue weighted by Crippen LogP contribution is -2.54. The number of para-hydroxylation sites is 1. The third-order valence-electron chi connectivity index (χ3n) is 3.76. The fraction of sp³-hybridized carbons (Fsp3) is 0.105. The molecule has 6 nitrogen and oxygen atoms in total. The number of benzene rings is 2. The van der Waals surface area contributed by atoms with Gasteiger partial charge in [-0.25, -0.2) is 14.1 Å². The summed E-state index contributed by atoms with van der Waals surface area (Å²) in [5, 5.41) is 2.34. The molecule has 27 heavy (non-hydrogen) atoms. The molecule has 4 amide bonds. The van der Waals surface area contributed by atoms with Gasteiger partial charge < -0.3 is 4.74 Å². The Morgan fingerprint density at radius 2 is 1.93 bits per heavy atom. The van der Waals surface area contributed by atoms with Crippen LogP contribution in [0.15, 0.2) is 48.0 Å². The van der Waals surface area contributed by atoms with Gasteiger partial charge >= 0.3 is 6.03 Å². The molecule has 8 heteroatoms. The molecule has 0 bridgehead atoms. The number of imide groups is 2. The average molecular weight is 389 g/mol. The van der Waals surface area contributed by atoms with E-state index in [0.717, 1.165) is 6.07 Å². The monoisotopic (exact) mass is 388 g/mol. The number of carbonyl (C=O) groups excluding carboxylic acids is 3. The van der Waals surface area contributed by atoms with Crippen LogP contribution in [0.4, 0.5) is 14.9 Å². The highest BCUT2D eigenvalue weighted by molar-refractivity contribution is 6.39. The van der Waals surface area contributed by atoms with E-state index in [1.165, 1.54) is 30.3 Å². The molecular formula is C19H14ClFN2O4. The Labute approximate surface area is 159 Å². The van der Waals surface area contributed by atoms with E-state index in [4.69, 9.17) is 16.3 Å². The molecule has 1 saturated heterocycles. The quantitative estimate of drug-likeness (QED) is 0.642. The van der Waals surface area contributed by atoms with Crippen molar-refractivity contribution < 1.29 is 23.5 Å². The Kier molecular flexibility index (Phi) is 5.23. The van der Waals surface area contributed by atoms with E-state index >= 15 is 0 Å². The lowest BCUT2D eigenvalue weighted by atomic mass is 10.1. The molecule has 2 aromatic rings. The van der Waals surface area contributed by atoms with Crippen molar-refractivity contribution in [3.8, 4) is 5.75 Å². The van der Waals surface area contributed by atoms with Gasteiger partial charge in [-0.05, 0) is 42.8 Å². The van der Waals surface area contributed by atoms with Crippen molar-refractivity contribution in [2.75, 3.05) is 11.5 Å². The molecule has 0 radical (unpaired) electrons. The molecule has 138 valence electrons. The van der Waals surface area contributed by atoms with Crippen LogP contribution >= 0.6 is 11.6 Å². The number of nitrogens with zero attached hydrogens (tertiary/aromatic N) is 1. The maximum absolute atomic E-state index is 14.0. The highest BCUT2D eigenvalue weighted by Gasteiger charge is 2.37. The molecule has 2 aromatic carbocycles. The van der Waals surface area contributed by atoms with Crippen LogP contribution < -0.4 is 15.0 Å². The molecule has 0 saturated carbocycles. The first-order valence-electron chi connectivity index (χ1n) is 8.00. The van der Waals surface area contributed by atoms with Crippen LogP contribution in [0, 0.1) is 5.82 Å². The number of rotatable bonds is 4. The summed E-state index contributed by atoms with van der Waals surface area (Å²) in [4.78, 5) is 37.5. The second kappa shape index (κ2) is 7.59. The predicted molar refractivity (Wildman–Crippen MR) is 98.0 cm³/mol. The van der Waals surface area contributed by atoms with Crippen LogP contribution in [0.25, 0.3) is 6.08 Å². The van der Waals surface area contributed by atoms with Crippen LogP contribution in [0.1, 0.15) is 12.5 Å². The Morgan fingerprint density at radius 1 is 1.19 bits per heavy atom. The van der Waals surface area contributed by atoms with Gasteiger partial charge in [-0.1, -0.05) is 29.8 Å². The first-order chi connectivity index (χ1) is 12.9. The number of barbiturate groups is 1. The second-order valence-corrected chi connectivity index (χ2v) is 5.94. The minimum absolute atomic E-state index is 0.247. The maximum atomic E-state index is 14.0. The summed E-state index contributed by atoms with van der Waals surface area (Å²) < 4.78 is 19.4. The van der Waals surface area contributed by atoms with Gasteiger partial charge in [-0.2, -0.15) is 0 Å². The van der Waals surface area contributed by atoms with Gasteiger partial charge in [0.15, 0.2) is 0 Å². The molecule has 1 aliphatic rings. The third-order valence-corrected chi connectivity index (χ3v) is 4.06. The molecule has 3 rings (SSSR count). The Balaban J connectivity index is 2.00. The summed E-state index contributed by atoms with van der Waals surface area (Å²) in [6, 6.07) is 8.99. The Morgan fingerprint density at radius 3 is 2.59 bits per heavy atom. The summed E-state index contributed by atoms with van der Waals surface area (Å²) in [6.45, 7) is 2.24. The van der Waals surface area contributed by atoms with Crippen LogP contribution in [0.2, 0.25) is 5.02 Å². The Bertz CT molecular complexity index is 974. The van der Waals surface area contributed by atoms with Gasteiger partial charge in [0, 0.05) is 0 Å². The minimum Gasteiger partial charge on any atom is -0.492 e. The standard InChI is InChI=1S/C19H14ClFN2O4/c1-2-27-16-8-7-11(10-13(16)20)9-12-17(24)22-19(26)23(18(12)25)15-6-4-3-5-14(15)21/h3-10H,2H2,1H3,(H,22,24,26)/b12-9+. The maximum Gasteiger partial charge on any atom is 0.336 e. The second-order valence-electron chi connectivity index (χ2n) is 5.53. The molecular weight excluding hydrogens is 375 g/mol. The van der Waals surface area contributed by atoms with Crippen LogP contribution in [-0.2, 0) is 9.59 Å². The SMILES string of the molecule is CCOc1ccc(/C=C2\C(=O)NC(=O)N(c3ccccc3F)C2=O)cc1Cl. The van der Waals surface area contributed by atoms with Crippen molar-refractivity contribution in [3.63, 3.8) is 0 Å². The molecule has 1 heterocycles. The largest absolute Gasteiger partial charge is 0.492 e. The summed E-state index contributed by atoms with van der Waals surface area (Å²) >= 11 is 6.11. The van der Waals surface area contributed by atoms with Crippen LogP contribution in [0.5, 0.6) is 5.75 Å². The fourth-order valence-corrected chi connectivity index (χ4v) is 2.80. The third kappa shape index (κ3) is 3.68. The van der Waals surface area contributed by atoms with Crippen molar-refractivity contribution >= 4 is 41.2 Å². The highest BCUT2D eigenvalue weighted by Crippen LogP contribution is 2.28. The van der Waals surface area contributed by atoms with Gasteiger partial charge in [-0.15, -0.1) is 0 Å². The number of urea groups is 1. The van der Waals surface area contributed by atoms with Gasteiger partial charge in [0.1, 0.15) is 17.1 Å². The molecule has 0 unspecified atom stereocenters. The zero-order valence-electron chi connectivity index (χ0n) is 14.2. The number of amides is 4. The molecule has 0 spiro atoms. The van der Waals surface area contributed by atoms with Crippen LogP contribution in [-0.4, -0.2) is 24.5 Å². The van der Waals surface area contributed by atoms with Crippen molar-refractivity contribution in [2.45, 2.75) is 6.92 Å². The van der Waals surface area contributed by atoms with E-state index in [0.29, 0.717) is 27.8 Å². The van der Waals surface area contributed by atoms with E-state index < -0.39 is 23.7 Å². The van der Waals surface area contributed by atoms with E-state index in [1.807, 2.05) is 12.2 Å². The predicted octanol–water partition coefficient (Wildman–Crippen LogP) is 3.54. The summed E-state index contributed by atoms with van der Waals surface area (Å²) in [6.07, 6.45) is 1.28. The topological polar surface area (TPSA) is 75.7 Å². The van der Waals surface area contributed by atoms with Gasteiger partial charge in [0.05, 0.1) is 17.3 Å². The van der Waals surface area contributed by atoms with Crippen molar-refractivity contribution in [1.82, 2.24) is 5.32 Å². The van der Waals surface area contributed by atoms with E-state index in [9.17, 15) is 18.8 Å². The van der Waals surface area contributed by atoms with Gasteiger partial charge in [-0.3, -0.25) is 14.9 Å². The zero-order valence-corrected chi connectivity index (χ0v) is 14.9. The lowest BCUT2D eigenvalue weighted by Gasteiger charge is -2.26. The molecule has 1 N–H and O–H groups in total. The molecule has 1 fully saturated rings. The smallest absolute Gasteiger partial charge is 0.336 e. The summed E-state index contributed by atoms with van der Waals surface area (Å²) in [5.41, 5.74) is -0.119. The number of carbonyl (C=O) groups is 3.